The topological polar surface area (TPSA) is 71.3 Å². The molecule has 0 spiro atoms. The highest BCUT2D eigenvalue weighted by Gasteiger charge is 2.20. The molecule has 0 saturated carbocycles. The fourth-order valence-electron chi connectivity index (χ4n) is 4.25. The first-order valence-corrected chi connectivity index (χ1v) is 12.2. The van der Waals surface area contributed by atoms with E-state index in [1.54, 1.807) is 24.4 Å². The number of amides is 1. The Labute approximate surface area is 222 Å². The number of hydrogen-bond acceptors (Lipinski definition) is 5. The van der Waals surface area contributed by atoms with Crippen molar-refractivity contribution < 1.29 is 9.21 Å². The molecule has 0 aliphatic heterocycles. The first-order valence-electron chi connectivity index (χ1n) is 11.4. The number of aromatic nitrogens is 2. The van der Waals surface area contributed by atoms with Crippen LogP contribution in [0.25, 0.3) is 21.9 Å². The summed E-state index contributed by atoms with van der Waals surface area (Å²) in [6.45, 7) is 0. The Morgan fingerprint density at radius 3 is 2.43 bits per heavy atom. The van der Waals surface area contributed by atoms with Crippen LogP contribution < -0.4 is 10.2 Å². The van der Waals surface area contributed by atoms with Crippen molar-refractivity contribution in [1.29, 1.82) is 0 Å². The summed E-state index contributed by atoms with van der Waals surface area (Å²) >= 11 is 12.0. The third-order valence-corrected chi connectivity index (χ3v) is 6.72. The Morgan fingerprint density at radius 1 is 0.838 bits per heavy atom. The molecule has 2 heterocycles. The van der Waals surface area contributed by atoms with Gasteiger partial charge in [-0.1, -0.05) is 53.5 Å². The standard InChI is InChI=1S/C29H18Cl2N4O2/c30-23-13-8-18(16-24(23)31)29(36)34-19-9-11-20(12-10-19)35(27-14-15-32-17-33-27)25-6-3-5-22-21-4-1-2-7-26(21)37-28(22)25/h1-17H,(H,34,36). The third kappa shape index (κ3) is 4.37. The maximum atomic E-state index is 12.7. The molecule has 0 fully saturated rings. The van der Waals surface area contributed by atoms with Crippen molar-refractivity contribution in [2.75, 3.05) is 10.2 Å². The minimum atomic E-state index is -0.286. The van der Waals surface area contributed by atoms with Crippen LogP contribution in [-0.4, -0.2) is 15.9 Å². The molecular weight excluding hydrogens is 507 g/mol. The summed E-state index contributed by atoms with van der Waals surface area (Å²) in [6.07, 6.45) is 3.20. The maximum absolute atomic E-state index is 12.7. The van der Waals surface area contributed by atoms with Crippen LogP contribution in [0.3, 0.4) is 0 Å². The zero-order chi connectivity index (χ0) is 25.4. The van der Waals surface area contributed by atoms with Crippen LogP contribution in [0.2, 0.25) is 10.0 Å². The van der Waals surface area contributed by atoms with E-state index in [1.165, 1.54) is 6.33 Å². The molecule has 6 nitrogen and oxygen atoms in total. The molecule has 1 N–H and O–H groups in total. The van der Waals surface area contributed by atoms with Crippen LogP contribution in [0.5, 0.6) is 0 Å². The maximum Gasteiger partial charge on any atom is 0.255 e. The number of hydrogen-bond donors (Lipinski definition) is 1. The van der Waals surface area contributed by atoms with E-state index in [0.29, 0.717) is 27.1 Å². The van der Waals surface area contributed by atoms with Crippen LogP contribution in [0, 0.1) is 0 Å². The second kappa shape index (κ2) is 9.58. The predicted molar refractivity (Wildman–Crippen MR) is 148 cm³/mol. The summed E-state index contributed by atoms with van der Waals surface area (Å²) in [6, 6.07) is 28.1. The monoisotopic (exact) mass is 524 g/mol. The lowest BCUT2D eigenvalue weighted by molar-refractivity contribution is 0.102. The van der Waals surface area contributed by atoms with Gasteiger partial charge < -0.3 is 9.73 Å². The number of nitrogens with zero attached hydrogens (tertiary/aromatic N) is 3. The molecule has 0 aliphatic rings. The number of nitrogens with one attached hydrogen (secondary N) is 1. The van der Waals surface area contributed by atoms with E-state index in [4.69, 9.17) is 27.6 Å². The van der Waals surface area contributed by atoms with E-state index >= 15 is 0 Å². The SMILES string of the molecule is O=C(Nc1ccc(N(c2ccncn2)c2cccc3c2oc2ccccc23)cc1)c1ccc(Cl)c(Cl)c1. The van der Waals surface area contributed by atoms with Crippen molar-refractivity contribution in [3.8, 4) is 0 Å². The Morgan fingerprint density at radius 2 is 1.65 bits per heavy atom. The largest absolute Gasteiger partial charge is 0.454 e. The molecule has 0 atom stereocenters. The van der Waals surface area contributed by atoms with Crippen molar-refractivity contribution in [2.45, 2.75) is 0 Å². The second-order valence-electron chi connectivity index (χ2n) is 8.28. The lowest BCUT2D eigenvalue weighted by atomic mass is 10.1. The molecule has 2 aromatic heterocycles. The highest BCUT2D eigenvalue weighted by Crippen LogP contribution is 2.41. The number of benzene rings is 4. The van der Waals surface area contributed by atoms with Gasteiger partial charge in [-0.05, 0) is 60.7 Å². The number of carbonyl (C=O) groups excluding carboxylic acids is 1. The number of furan rings is 1. The fourth-order valence-corrected chi connectivity index (χ4v) is 4.55. The number of rotatable bonds is 5. The van der Waals surface area contributed by atoms with Gasteiger partial charge in [-0.15, -0.1) is 0 Å². The normalized spacial score (nSPS) is 11.1. The molecule has 6 rings (SSSR count). The highest BCUT2D eigenvalue weighted by atomic mass is 35.5. The molecule has 8 heteroatoms. The number of anilines is 4. The number of para-hydroxylation sites is 2. The molecule has 37 heavy (non-hydrogen) atoms. The van der Waals surface area contributed by atoms with Crippen molar-refractivity contribution >= 4 is 73.9 Å². The summed E-state index contributed by atoms with van der Waals surface area (Å²) < 4.78 is 6.29. The van der Waals surface area contributed by atoms with E-state index in [0.717, 1.165) is 33.3 Å². The van der Waals surface area contributed by atoms with E-state index in [9.17, 15) is 4.79 Å². The van der Waals surface area contributed by atoms with Crippen molar-refractivity contribution in [2.24, 2.45) is 0 Å². The highest BCUT2D eigenvalue weighted by molar-refractivity contribution is 6.42. The van der Waals surface area contributed by atoms with Gasteiger partial charge in [0.25, 0.3) is 5.91 Å². The Kier molecular flexibility index (Phi) is 5.96. The number of halogens is 2. The third-order valence-electron chi connectivity index (χ3n) is 5.99. The average Bonchev–Trinajstić information content (AvgIpc) is 3.31. The Hall–Kier alpha value is -4.39. The summed E-state index contributed by atoms with van der Waals surface area (Å²) in [4.78, 5) is 23.3. The quantitative estimate of drug-likeness (QED) is 0.245. The molecule has 6 aromatic rings. The number of carbonyl (C=O) groups is 1. The van der Waals surface area contributed by atoms with Gasteiger partial charge in [0.1, 0.15) is 17.7 Å². The lowest BCUT2D eigenvalue weighted by Gasteiger charge is -2.24. The van der Waals surface area contributed by atoms with Crippen molar-refractivity contribution in [1.82, 2.24) is 9.97 Å². The Bertz CT molecular complexity index is 1750. The molecule has 1 amide bonds. The van der Waals surface area contributed by atoms with E-state index in [-0.39, 0.29) is 5.91 Å². The van der Waals surface area contributed by atoms with Crippen LogP contribution >= 0.6 is 23.2 Å². The van der Waals surface area contributed by atoms with Crippen LogP contribution in [0.4, 0.5) is 22.9 Å². The predicted octanol–water partition coefficient (Wildman–Crippen LogP) is 8.40. The lowest BCUT2D eigenvalue weighted by Crippen LogP contribution is -2.13. The second-order valence-corrected chi connectivity index (χ2v) is 9.10. The van der Waals surface area contributed by atoms with Crippen LogP contribution in [0.1, 0.15) is 10.4 Å². The van der Waals surface area contributed by atoms with E-state index < -0.39 is 0 Å². The van der Waals surface area contributed by atoms with Crippen molar-refractivity contribution in [3.05, 3.63) is 119 Å². The van der Waals surface area contributed by atoms with Gasteiger partial charge >= 0.3 is 0 Å². The minimum absolute atomic E-state index is 0.286. The van der Waals surface area contributed by atoms with Crippen molar-refractivity contribution in [3.63, 3.8) is 0 Å². The zero-order valence-electron chi connectivity index (χ0n) is 19.2. The van der Waals surface area contributed by atoms with Gasteiger partial charge in [0.15, 0.2) is 5.58 Å². The molecule has 0 radical (unpaired) electrons. The van der Waals surface area contributed by atoms with Gasteiger partial charge in [0.05, 0.1) is 15.7 Å². The molecule has 0 bridgehead atoms. The van der Waals surface area contributed by atoms with Gasteiger partial charge in [0.2, 0.25) is 0 Å². The summed E-state index contributed by atoms with van der Waals surface area (Å²) in [7, 11) is 0. The van der Waals surface area contributed by atoms with Crippen LogP contribution in [0.15, 0.2) is 108 Å². The van der Waals surface area contributed by atoms with E-state index in [1.807, 2.05) is 77.7 Å². The molecule has 0 saturated heterocycles. The zero-order valence-corrected chi connectivity index (χ0v) is 20.7. The Balaban J connectivity index is 1.39. The number of fused-ring (bicyclic) bond motifs is 3. The molecular formula is C29H18Cl2N4O2. The first kappa shape index (κ1) is 23.0. The molecule has 0 aliphatic carbocycles. The first-order chi connectivity index (χ1) is 18.1. The smallest absolute Gasteiger partial charge is 0.255 e. The van der Waals surface area contributed by atoms with Gasteiger partial charge in [-0.25, -0.2) is 9.97 Å². The van der Waals surface area contributed by atoms with Gasteiger partial charge in [0, 0.05) is 33.9 Å². The fraction of sp³-hybridized carbons (Fsp3) is 0. The van der Waals surface area contributed by atoms with Crippen LogP contribution in [-0.2, 0) is 0 Å². The van der Waals surface area contributed by atoms with E-state index in [2.05, 4.69) is 15.3 Å². The van der Waals surface area contributed by atoms with Gasteiger partial charge in [-0.3, -0.25) is 9.69 Å². The summed E-state index contributed by atoms with van der Waals surface area (Å²) in [5.41, 5.74) is 4.27. The summed E-state index contributed by atoms with van der Waals surface area (Å²) in [5.74, 6) is 0.390. The molecule has 4 aromatic carbocycles. The minimum Gasteiger partial charge on any atom is -0.454 e. The summed E-state index contributed by atoms with van der Waals surface area (Å²) in [5, 5.41) is 5.67. The molecule has 180 valence electrons. The molecule has 0 unspecified atom stereocenters. The average molecular weight is 525 g/mol. The van der Waals surface area contributed by atoms with Gasteiger partial charge in [-0.2, -0.15) is 0 Å².